The van der Waals surface area contributed by atoms with E-state index >= 15 is 0 Å². The number of hydrogen-bond acceptors (Lipinski definition) is 2. The highest BCUT2D eigenvalue weighted by atomic mass is 15.2. The van der Waals surface area contributed by atoms with E-state index in [-0.39, 0.29) is 0 Å². The minimum atomic E-state index is 0.365. The Morgan fingerprint density at radius 3 is 2.73 bits per heavy atom. The molecule has 2 bridgehead atoms. The molecule has 0 N–H and O–H groups in total. The first kappa shape index (κ1) is 14.6. The van der Waals surface area contributed by atoms with E-state index < -0.39 is 0 Å². The third kappa shape index (κ3) is 2.19. The van der Waals surface area contributed by atoms with Crippen molar-refractivity contribution in [1.29, 1.82) is 0 Å². The van der Waals surface area contributed by atoms with Crippen molar-refractivity contribution in [3.63, 3.8) is 0 Å². The van der Waals surface area contributed by atoms with E-state index in [1.54, 1.807) is 11.1 Å². The maximum absolute atomic E-state index is 2.83. The van der Waals surface area contributed by atoms with E-state index in [4.69, 9.17) is 0 Å². The second-order valence-electron chi connectivity index (χ2n) is 8.40. The number of hydrogen-bond donors (Lipinski definition) is 0. The molecule has 2 fully saturated rings. The molecule has 0 radical (unpaired) electrons. The van der Waals surface area contributed by atoms with Gasteiger partial charge in [0.05, 0.1) is 0 Å². The molecule has 1 aliphatic heterocycles. The molecule has 1 saturated carbocycles. The van der Waals surface area contributed by atoms with Crippen LogP contribution in [0.3, 0.4) is 0 Å². The van der Waals surface area contributed by atoms with Gasteiger partial charge in [-0.15, -0.1) is 0 Å². The van der Waals surface area contributed by atoms with Gasteiger partial charge in [0.15, 0.2) is 0 Å². The lowest BCUT2D eigenvalue weighted by Gasteiger charge is -2.55. The Hall–Kier alpha value is -1.02. The molecule has 0 spiro atoms. The van der Waals surface area contributed by atoms with Gasteiger partial charge >= 0.3 is 0 Å². The van der Waals surface area contributed by atoms with Gasteiger partial charge in [-0.05, 0) is 72.7 Å². The predicted molar refractivity (Wildman–Crippen MR) is 93.7 cm³/mol. The van der Waals surface area contributed by atoms with Crippen LogP contribution in [-0.2, 0) is 11.8 Å². The van der Waals surface area contributed by atoms with Crippen LogP contribution in [0.5, 0.6) is 0 Å². The summed E-state index contributed by atoms with van der Waals surface area (Å²) in [7, 11) is 4.30. The lowest BCUT2D eigenvalue weighted by molar-refractivity contribution is 0.0284. The number of nitrogens with zero attached hydrogens (tertiary/aromatic N) is 2. The highest BCUT2D eigenvalue weighted by Gasteiger charge is 2.49. The highest BCUT2D eigenvalue weighted by Crippen LogP contribution is 2.50. The molecular formula is C20H30N2. The van der Waals surface area contributed by atoms with Gasteiger partial charge in [0.25, 0.3) is 0 Å². The Bertz CT molecular complexity index is 575. The zero-order chi connectivity index (χ0) is 15.5. The molecule has 22 heavy (non-hydrogen) atoms. The summed E-state index contributed by atoms with van der Waals surface area (Å²) in [5.41, 5.74) is 4.96. The fraction of sp³-hybridized carbons (Fsp3) is 0.700. The predicted octanol–water partition coefficient (Wildman–Crippen LogP) is 3.69. The standard InChI is InChI=1S/C20H30N2/c1-14-19-11-16-7-8-17(21(3)4)12-18(16)20(14,2)9-10-22(19)13-15-5-6-15/h7-8,12,14-15,19H,5-6,9-11,13H2,1-4H3/t14-,19-,20-/m1/s1. The van der Waals surface area contributed by atoms with Crippen LogP contribution >= 0.6 is 0 Å². The minimum Gasteiger partial charge on any atom is -0.378 e. The lowest BCUT2D eigenvalue weighted by Crippen LogP contribution is -2.58. The van der Waals surface area contributed by atoms with Crippen molar-refractivity contribution in [2.45, 2.75) is 51.0 Å². The van der Waals surface area contributed by atoms with E-state index in [1.807, 2.05) is 0 Å². The molecule has 2 nitrogen and oxygen atoms in total. The van der Waals surface area contributed by atoms with E-state index in [1.165, 1.54) is 44.5 Å². The number of likely N-dealkylation sites (tertiary alicyclic amines) is 1. The maximum atomic E-state index is 2.83. The zero-order valence-corrected chi connectivity index (χ0v) is 14.6. The van der Waals surface area contributed by atoms with E-state index in [9.17, 15) is 0 Å². The molecular weight excluding hydrogens is 268 g/mol. The smallest absolute Gasteiger partial charge is 0.0364 e. The first-order valence-corrected chi connectivity index (χ1v) is 9.04. The summed E-state index contributed by atoms with van der Waals surface area (Å²) < 4.78 is 0. The van der Waals surface area contributed by atoms with Gasteiger partial charge in [0, 0.05) is 32.4 Å². The number of anilines is 1. The molecule has 1 saturated heterocycles. The molecule has 2 heteroatoms. The summed E-state index contributed by atoms with van der Waals surface area (Å²) in [6.07, 6.45) is 5.52. The van der Waals surface area contributed by atoms with Crippen molar-refractivity contribution in [2.75, 3.05) is 32.1 Å². The fourth-order valence-corrected chi connectivity index (χ4v) is 4.83. The maximum Gasteiger partial charge on any atom is 0.0364 e. The van der Waals surface area contributed by atoms with Crippen molar-refractivity contribution >= 4 is 5.69 Å². The van der Waals surface area contributed by atoms with Crippen molar-refractivity contribution in [1.82, 2.24) is 4.90 Å². The Morgan fingerprint density at radius 2 is 2.05 bits per heavy atom. The van der Waals surface area contributed by atoms with Crippen LogP contribution in [-0.4, -0.2) is 38.1 Å². The average Bonchev–Trinajstić information content (AvgIpc) is 3.29. The van der Waals surface area contributed by atoms with E-state index in [0.29, 0.717) is 5.41 Å². The van der Waals surface area contributed by atoms with Crippen molar-refractivity contribution in [3.05, 3.63) is 29.3 Å². The Labute approximate surface area is 135 Å². The molecule has 4 rings (SSSR count). The third-order valence-corrected chi connectivity index (χ3v) is 6.81. The summed E-state index contributed by atoms with van der Waals surface area (Å²) in [6, 6.07) is 7.94. The Morgan fingerprint density at radius 1 is 1.27 bits per heavy atom. The molecule has 2 aliphatic carbocycles. The monoisotopic (exact) mass is 298 g/mol. The molecule has 1 heterocycles. The summed E-state index contributed by atoms with van der Waals surface area (Å²) in [5, 5.41) is 0. The van der Waals surface area contributed by atoms with Crippen LogP contribution in [0.4, 0.5) is 5.69 Å². The van der Waals surface area contributed by atoms with Gasteiger partial charge in [0.2, 0.25) is 0 Å². The van der Waals surface area contributed by atoms with Crippen LogP contribution in [0.1, 0.15) is 44.2 Å². The molecule has 1 aromatic carbocycles. The lowest BCUT2D eigenvalue weighted by atomic mass is 9.59. The first-order valence-electron chi connectivity index (χ1n) is 9.04. The van der Waals surface area contributed by atoms with Crippen LogP contribution < -0.4 is 4.90 Å². The van der Waals surface area contributed by atoms with Crippen LogP contribution in [0.25, 0.3) is 0 Å². The van der Waals surface area contributed by atoms with Crippen LogP contribution in [0.15, 0.2) is 18.2 Å². The van der Waals surface area contributed by atoms with Gasteiger partial charge < -0.3 is 4.90 Å². The molecule has 0 aromatic heterocycles. The van der Waals surface area contributed by atoms with Gasteiger partial charge in [-0.3, -0.25) is 4.90 Å². The van der Waals surface area contributed by atoms with Crippen LogP contribution in [0.2, 0.25) is 0 Å². The zero-order valence-electron chi connectivity index (χ0n) is 14.6. The van der Waals surface area contributed by atoms with Crippen molar-refractivity contribution in [2.24, 2.45) is 11.8 Å². The number of rotatable bonds is 3. The summed E-state index contributed by atoms with van der Waals surface area (Å²) >= 11 is 0. The average molecular weight is 298 g/mol. The largest absolute Gasteiger partial charge is 0.378 e. The molecule has 0 unspecified atom stereocenters. The summed E-state index contributed by atoms with van der Waals surface area (Å²) in [4.78, 5) is 5.06. The van der Waals surface area contributed by atoms with Gasteiger partial charge in [0.1, 0.15) is 0 Å². The topological polar surface area (TPSA) is 6.48 Å². The second-order valence-corrected chi connectivity index (χ2v) is 8.40. The Balaban J connectivity index is 1.70. The fourth-order valence-electron chi connectivity index (χ4n) is 4.83. The van der Waals surface area contributed by atoms with Crippen LogP contribution in [0, 0.1) is 11.8 Å². The normalized spacial score (nSPS) is 34.4. The quantitative estimate of drug-likeness (QED) is 0.840. The summed E-state index contributed by atoms with van der Waals surface area (Å²) in [6.45, 7) is 7.69. The van der Waals surface area contributed by atoms with Gasteiger partial charge in [-0.1, -0.05) is 19.9 Å². The second kappa shape index (κ2) is 4.99. The molecule has 3 atom stereocenters. The Kier molecular flexibility index (Phi) is 3.30. The van der Waals surface area contributed by atoms with E-state index in [2.05, 4.69) is 55.9 Å². The van der Waals surface area contributed by atoms with E-state index in [0.717, 1.165) is 17.9 Å². The molecule has 120 valence electrons. The minimum absolute atomic E-state index is 0.365. The van der Waals surface area contributed by atoms with Crippen molar-refractivity contribution < 1.29 is 0 Å². The number of fused-ring (bicyclic) bond motifs is 4. The molecule has 0 amide bonds. The highest BCUT2D eigenvalue weighted by molar-refractivity contribution is 5.54. The third-order valence-electron chi connectivity index (χ3n) is 6.81. The number of piperidine rings is 1. The molecule has 3 aliphatic rings. The SMILES string of the molecule is C[C@@H]1[C@H]2Cc3ccc(N(C)C)cc3[C@]1(C)CCN2CC1CC1. The first-order chi connectivity index (χ1) is 10.5. The molecule has 1 aromatic rings. The summed E-state index contributed by atoms with van der Waals surface area (Å²) in [5.74, 6) is 1.78. The van der Waals surface area contributed by atoms with Gasteiger partial charge in [-0.2, -0.15) is 0 Å². The van der Waals surface area contributed by atoms with Crippen molar-refractivity contribution in [3.8, 4) is 0 Å². The number of benzene rings is 1. The van der Waals surface area contributed by atoms with Gasteiger partial charge in [-0.25, -0.2) is 0 Å².